The van der Waals surface area contributed by atoms with E-state index in [4.69, 9.17) is 9.47 Å². The summed E-state index contributed by atoms with van der Waals surface area (Å²) in [4.78, 5) is 18.5. The minimum absolute atomic E-state index is 0.0751. The van der Waals surface area contributed by atoms with Crippen molar-refractivity contribution in [2.24, 2.45) is 0 Å². The van der Waals surface area contributed by atoms with Crippen LogP contribution in [0.25, 0.3) is 5.65 Å². The number of hydrogen-bond acceptors (Lipinski definition) is 4. The fourth-order valence-corrected chi connectivity index (χ4v) is 3.24. The number of benzene rings is 1. The maximum Gasteiger partial charge on any atom is 0.414 e. The Morgan fingerprint density at radius 3 is 2.88 bits per heavy atom. The van der Waals surface area contributed by atoms with Crippen molar-refractivity contribution in [2.75, 3.05) is 18.1 Å². The zero-order valence-electron chi connectivity index (χ0n) is 14.7. The molecule has 1 aliphatic heterocycles. The molecule has 1 fully saturated rings. The van der Waals surface area contributed by atoms with Gasteiger partial charge in [-0.05, 0) is 30.2 Å². The van der Waals surface area contributed by atoms with Gasteiger partial charge < -0.3 is 13.9 Å². The number of pyridine rings is 1. The Balaban J connectivity index is 1.65. The maximum absolute atomic E-state index is 12.5. The molecule has 1 aromatic carbocycles. The van der Waals surface area contributed by atoms with Crippen molar-refractivity contribution in [3.8, 4) is 5.75 Å². The molecule has 1 atom stereocenters. The normalized spacial score (nSPS) is 17.3. The number of fused-ring (bicyclic) bond motifs is 1. The summed E-state index contributed by atoms with van der Waals surface area (Å²) < 4.78 is 12.9. The number of anilines is 1. The number of aromatic nitrogens is 2. The second-order valence-electron chi connectivity index (χ2n) is 6.28. The van der Waals surface area contributed by atoms with Gasteiger partial charge in [-0.15, -0.1) is 0 Å². The van der Waals surface area contributed by atoms with Crippen molar-refractivity contribution in [2.45, 2.75) is 25.8 Å². The number of nitrogens with zero attached hydrogens (tertiary/aromatic N) is 3. The lowest BCUT2D eigenvalue weighted by Crippen LogP contribution is -2.40. The van der Waals surface area contributed by atoms with E-state index < -0.39 is 0 Å². The topological polar surface area (TPSA) is 56.1 Å². The van der Waals surface area contributed by atoms with E-state index >= 15 is 0 Å². The van der Waals surface area contributed by atoms with Gasteiger partial charge in [0, 0.05) is 31.1 Å². The Hall–Kier alpha value is -3.02. The summed E-state index contributed by atoms with van der Waals surface area (Å²) in [5, 5.41) is 0. The van der Waals surface area contributed by atoms with Crippen molar-refractivity contribution in [3.63, 3.8) is 0 Å². The van der Waals surface area contributed by atoms with Crippen LogP contribution in [0.5, 0.6) is 5.75 Å². The molecule has 0 radical (unpaired) electrons. The molecule has 0 bridgehead atoms. The molecule has 0 spiro atoms. The molecule has 0 N–H and O–H groups in total. The molecule has 26 heavy (non-hydrogen) atoms. The lowest BCUT2D eigenvalue weighted by atomic mass is 10.0. The molecule has 1 amide bonds. The molecular formula is C20H21N3O3. The van der Waals surface area contributed by atoms with E-state index in [2.05, 4.69) is 11.9 Å². The summed E-state index contributed by atoms with van der Waals surface area (Å²) in [6, 6.07) is 11.7. The molecule has 6 heteroatoms. The second-order valence-corrected chi connectivity index (χ2v) is 6.28. The van der Waals surface area contributed by atoms with Gasteiger partial charge in [0.2, 0.25) is 0 Å². The van der Waals surface area contributed by atoms with E-state index in [9.17, 15) is 4.79 Å². The first-order chi connectivity index (χ1) is 12.8. The predicted octanol–water partition coefficient (Wildman–Crippen LogP) is 4.21. The molecule has 134 valence electrons. The van der Waals surface area contributed by atoms with E-state index in [1.165, 1.54) is 0 Å². The molecule has 3 heterocycles. The summed E-state index contributed by atoms with van der Waals surface area (Å²) in [6.45, 7) is 3.20. The van der Waals surface area contributed by atoms with Crippen molar-refractivity contribution in [1.29, 1.82) is 0 Å². The van der Waals surface area contributed by atoms with Crippen LogP contribution in [0.4, 0.5) is 10.5 Å². The smallest absolute Gasteiger partial charge is 0.414 e. The highest BCUT2D eigenvalue weighted by Crippen LogP contribution is 2.34. The third-order valence-electron chi connectivity index (χ3n) is 4.52. The predicted molar refractivity (Wildman–Crippen MR) is 98.6 cm³/mol. The third-order valence-corrected chi connectivity index (χ3v) is 4.52. The number of imidazole rings is 1. The molecule has 1 saturated heterocycles. The zero-order chi connectivity index (χ0) is 17.9. The number of cyclic esters (lactones) is 1. The Morgan fingerprint density at radius 2 is 2.08 bits per heavy atom. The van der Waals surface area contributed by atoms with E-state index in [0.29, 0.717) is 13.2 Å². The Morgan fingerprint density at radius 1 is 1.23 bits per heavy atom. The standard InChI is InChI=1S/C20H21N3O3/c1-2-12-25-17-5-3-15(4-6-17)18-8-13-26-20(24)23(18)16-7-10-22-11-9-21-19(22)14-16/h3-7,9-11,14,18H,2,8,12-13H2,1H3. The van der Waals surface area contributed by atoms with E-state index in [0.717, 1.165) is 35.5 Å². The Kier molecular flexibility index (Phi) is 4.48. The monoisotopic (exact) mass is 351 g/mol. The molecule has 0 saturated carbocycles. The first-order valence-corrected chi connectivity index (χ1v) is 8.88. The highest BCUT2D eigenvalue weighted by atomic mass is 16.6. The van der Waals surface area contributed by atoms with E-state index in [-0.39, 0.29) is 12.1 Å². The largest absolute Gasteiger partial charge is 0.494 e. The van der Waals surface area contributed by atoms with Crippen LogP contribution >= 0.6 is 0 Å². The van der Waals surface area contributed by atoms with E-state index in [1.807, 2.05) is 53.2 Å². The molecule has 3 aromatic rings. The van der Waals surface area contributed by atoms with Crippen LogP contribution in [0.1, 0.15) is 31.4 Å². The zero-order valence-corrected chi connectivity index (χ0v) is 14.7. The molecule has 2 aromatic heterocycles. The van der Waals surface area contributed by atoms with Gasteiger partial charge in [-0.25, -0.2) is 9.78 Å². The van der Waals surface area contributed by atoms with Crippen LogP contribution in [0.3, 0.4) is 0 Å². The SMILES string of the molecule is CCCOc1ccc(C2CCOC(=O)N2c2ccn3ccnc3c2)cc1. The fraction of sp³-hybridized carbons (Fsp3) is 0.300. The van der Waals surface area contributed by atoms with Gasteiger partial charge in [-0.3, -0.25) is 4.90 Å². The van der Waals surface area contributed by atoms with Crippen LogP contribution in [-0.2, 0) is 4.74 Å². The third kappa shape index (κ3) is 3.10. The fourth-order valence-electron chi connectivity index (χ4n) is 3.24. The first kappa shape index (κ1) is 16.4. The molecule has 1 unspecified atom stereocenters. The molecule has 4 rings (SSSR count). The van der Waals surface area contributed by atoms with Crippen molar-refractivity contribution in [1.82, 2.24) is 9.38 Å². The highest BCUT2D eigenvalue weighted by Gasteiger charge is 2.32. The average molecular weight is 351 g/mol. The quantitative estimate of drug-likeness (QED) is 0.691. The van der Waals surface area contributed by atoms with Crippen LogP contribution in [-0.4, -0.2) is 28.7 Å². The lowest BCUT2D eigenvalue weighted by molar-refractivity contribution is 0.129. The number of ether oxygens (including phenoxy) is 2. The maximum atomic E-state index is 12.5. The minimum atomic E-state index is -0.330. The average Bonchev–Trinajstić information content (AvgIpc) is 3.14. The van der Waals surface area contributed by atoms with Crippen LogP contribution in [0.2, 0.25) is 0 Å². The Bertz CT molecular complexity index is 904. The number of amides is 1. The summed E-state index contributed by atoms with van der Waals surface area (Å²) >= 11 is 0. The lowest BCUT2D eigenvalue weighted by Gasteiger charge is -2.35. The van der Waals surface area contributed by atoms with Gasteiger partial charge >= 0.3 is 6.09 Å². The van der Waals surface area contributed by atoms with Gasteiger partial charge in [-0.2, -0.15) is 0 Å². The van der Waals surface area contributed by atoms with Gasteiger partial charge in [0.15, 0.2) is 0 Å². The van der Waals surface area contributed by atoms with Crippen LogP contribution in [0.15, 0.2) is 55.0 Å². The molecule has 1 aliphatic rings. The molecule has 6 nitrogen and oxygen atoms in total. The minimum Gasteiger partial charge on any atom is -0.494 e. The first-order valence-electron chi connectivity index (χ1n) is 8.88. The van der Waals surface area contributed by atoms with Crippen molar-refractivity contribution in [3.05, 3.63) is 60.6 Å². The summed E-state index contributed by atoms with van der Waals surface area (Å²) in [6.07, 6.45) is 6.89. The summed E-state index contributed by atoms with van der Waals surface area (Å²) in [7, 11) is 0. The van der Waals surface area contributed by atoms with Gasteiger partial charge in [-0.1, -0.05) is 19.1 Å². The molecule has 0 aliphatic carbocycles. The van der Waals surface area contributed by atoms with Crippen molar-refractivity contribution < 1.29 is 14.3 Å². The van der Waals surface area contributed by atoms with Gasteiger partial charge in [0.05, 0.1) is 24.9 Å². The van der Waals surface area contributed by atoms with Gasteiger partial charge in [0.1, 0.15) is 11.4 Å². The number of rotatable bonds is 5. The summed E-state index contributed by atoms with van der Waals surface area (Å²) in [5.41, 5.74) is 2.64. The Labute approximate surface area is 152 Å². The van der Waals surface area contributed by atoms with Gasteiger partial charge in [0.25, 0.3) is 0 Å². The highest BCUT2D eigenvalue weighted by molar-refractivity contribution is 5.90. The van der Waals surface area contributed by atoms with Crippen LogP contribution in [0, 0.1) is 0 Å². The van der Waals surface area contributed by atoms with E-state index in [1.54, 1.807) is 11.1 Å². The van der Waals surface area contributed by atoms with Crippen molar-refractivity contribution >= 4 is 17.4 Å². The number of carbonyl (C=O) groups is 1. The number of hydrogen-bond donors (Lipinski definition) is 0. The summed E-state index contributed by atoms with van der Waals surface area (Å²) in [5.74, 6) is 0.847. The number of carbonyl (C=O) groups excluding carboxylic acids is 1. The second kappa shape index (κ2) is 7.07. The molecular weight excluding hydrogens is 330 g/mol. The van der Waals surface area contributed by atoms with Crippen LogP contribution < -0.4 is 9.64 Å².